The monoisotopic (exact) mass is 590 g/mol. The minimum Gasteiger partial charge on any atom is -0.488 e. The van der Waals surface area contributed by atoms with E-state index in [2.05, 4.69) is 21.2 Å². The number of fused-ring (bicyclic) bond motifs is 1. The molecule has 0 aromatic heterocycles. The number of nitrogens with one attached hydrogen (secondary N) is 1. The molecule has 0 bridgehead atoms. The third kappa shape index (κ3) is 5.79. The van der Waals surface area contributed by atoms with Crippen LogP contribution in [-0.2, 0) is 16.2 Å². The molecule has 0 aliphatic carbocycles. The first-order valence-corrected chi connectivity index (χ1v) is 13.2. The van der Waals surface area contributed by atoms with E-state index in [9.17, 15) is 18.8 Å². The Morgan fingerprint density at radius 3 is 2.55 bits per heavy atom. The van der Waals surface area contributed by atoms with Crippen LogP contribution in [0.25, 0.3) is 16.8 Å². The van der Waals surface area contributed by atoms with Gasteiger partial charge in [-0.25, -0.2) is 4.39 Å². The van der Waals surface area contributed by atoms with Gasteiger partial charge in [0.25, 0.3) is 11.1 Å². The van der Waals surface area contributed by atoms with Crippen LogP contribution in [0.2, 0.25) is 0 Å². The number of hydrogen-bond donors (Lipinski definition) is 1. The van der Waals surface area contributed by atoms with Crippen LogP contribution in [0.15, 0.2) is 94.3 Å². The fraction of sp³-hybridized carbons (Fsp3) is 0.0690. The van der Waals surface area contributed by atoms with Gasteiger partial charge in [0.1, 0.15) is 24.7 Å². The van der Waals surface area contributed by atoms with Gasteiger partial charge < -0.3 is 10.1 Å². The van der Waals surface area contributed by atoms with Gasteiger partial charge in [0.2, 0.25) is 5.91 Å². The Hall–Kier alpha value is -3.95. The number of nitrogens with zero attached hydrogens (tertiary/aromatic N) is 1. The van der Waals surface area contributed by atoms with E-state index in [0.29, 0.717) is 21.5 Å². The molecule has 1 saturated heterocycles. The molecule has 5 rings (SSSR count). The molecule has 190 valence electrons. The second kappa shape index (κ2) is 11.2. The molecule has 0 atom stereocenters. The zero-order chi connectivity index (χ0) is 26.6. The molecule has 1 aliphatic heterocycles. The van der Waals surface area contributed by atoms with Crippen molar-refractivity contribution in [2.45, 2.75) is 6.61 Å². The van der Waals surface area contributed by atoms with Gasteiger partial charge in [-0.05, 0) is 80.6 Å². The molecule has 0 radical (unpaired) electrons. The van der Waals surface area contributed by atoms with Crippen molar-refractivity contribution in [2.75, 3.05) is 11.9 Å². The lowest BCUT2D eigenvalue weighted by atomic mass is 10.1. The van der Waals surface area contributed by atoms with Crippen molar-refractivity contribution in [2.24, 2.45) is 0 Å². The second-order valence-electron chi connectivity index (χ2n) is 8.45. The summed E-state index contributed by atoms with van der Waals surface area (Å²) < 4.78 is 19.5. The molecule has 6 nitrogen and oxygen atoms in total. The maximum atomic E-state index is 13.1. The minimum atomic E-state index is -0.527. The smallest absolute Gasteiger partial charge is 0.294 e. The van der Waals surface area contributed by atoms with Gasteiger partial charge in [0, 0.05) is 11.1 Å². The van der Waals surface area contributed by atoms with Crippen LogP contribution in [0.5, 0.6) is 5.75 Å². The van der Waals surface area contributed by atoms with E-state index >= 15 is 0 Å². The number of carbonyl (C=O) groups is 3. The Kier molecular flexibility index (Phi) is 7.57. The molecule has 0 spiro atoms. The summed E-state index contributed by atoms with van der Waals surface area (Å²) >= 11 is 4.25. The lowest BCUT2D eigenvalue weighted by molar-refractivity contribution is -0.127. The second-order valence-corrected chi connectivity index (χ2v) is 10.3. The van der Waals surface area contributed by atoms with Gasteiger partial charge in [0.15, 0.2) is 0 Å². The standard InChI is InChI=1S/C29H20BrFN2O4S/c30-23-14-19(10-13-25(23)37-17-18-8-11-21(31)12-9-18)15-26-28(35)33(29(36)38-26)16-27(34)32-24-7-3-5-20-4-1-2-6-22(20)24/h1-15H,16-17H2,(H,32,34)/b26-15-. The van der Waals surface area contributed by atoms with Gasteiger partial charge >= 0.3 is 0 Å². The molecule has 3 amide bonds. The number of hydrogen-bond acceptors (Lipinski definition) is 5. The zero-order valence-electron chi connectivity index (χ0n) is 19.8. The van der Waals surface area contributed by atoms with Crippen LogP contribution in [0.1, 0.15) is 11.1 Å². The Bertz CT molecular complexity index is 1580. The maximum Gasteiger partial charge on any atom is 0.294 e. The molecule has 4 aromatic carbocycles. The summed E-state index contributed by atoms with van der Waals surface area (Å²) in [5, 5.41) is 4.14. The van der Waals surface area contributed by atoms with Crippen LogP contribution in [0, 0.1) is 5.82 Å². The summed E-state index contributed by atoms with van der Waals surface area (Å²) in [5.74, 6) is -0.727. The Labute approximate surface area is 230 Å². The number of benzene rings is 4. The average molecular weight is 591 g/mol. The molecule has 9 heteroatoms. The molecule has 1 aliphatic rings. The van der Waals surface area contributed by atoms with Crippen molar-refractivity contribution in [3.8, 4) is 5.75 Å². The number of ether oxygens (including phenoxy) is 1. The van der Waals surface area contributed by atoms with Crippen molar-refractivity contribution >= 4 is 67.3 Å². The number of thioether (sulfide) groups is 1. The van der Waals surface area contributed by atoms with Crippen LogP contribution in [0.3, 0.4) is 0 Å². The predicted octanol–water partition coefficient (Wildman–Crippen LogP) is 7.00. The van der Waals surface area contributed by atoms with Crippen molar-refractivity contribution in [3.63, 3.8) is 0 Å². The highest BCUT2D eigenvalue weighted by Gasteiger charge is 2.36. The summed E-state index contributed by atoms with van der Waals surface area (Å²) in [4.78, 5) is 39.3. The van der Waals surface area contributed by atoms with Gasteiger partial charge in [-0.3, -0.25) is 19.3 Å². The van der Waals surface area contributed by atoms with E-state index < -0.39 is 17.1 Å². The molecule has 0 saturated carbocycles. The molecule has 1 fully saturated rings. The maximum absolute atomic E-state index is 13.1. The Balaban J connectivity index is 1.24. The molecule has 1 N–H and O–H groups in total. The fourth-order valence-electron chi connectivity index (χ4n) is 3.92. The van der Waals surface area contributed by atoms with E-state index in [4.69, 9.17) is 4.74 Å². The number of anilines is 1. The first kappa shape index (κ1) is 25.7. The molecule has 1 heterocycles. The molecular weight excluding hydrogens is 571 g/mol. The molecule has 38 heavy (non-hydrogen) atoms. The summed E-state index contributed by atoms with van der Waals surface area (Å²) in [6.45, 7) is -0.122. The quantitative estimate of drug-likeness (QED) is 0.235. The Morgan fingerprint density at radius 2 is 1.76 bits per heavy atom. The highest BCUT2D eigenvalue weighted by molar-refractivity contribution is 9.10. The first-order chi connectivity index (χ1) is 18.4. The number of imide groups is 1. The zero-order valence-corrected chi connectivity index (χ0v) is 22.2. The molecule has 0 unspecified atom stereocenters. The van der Waals surface area contributed by atoms with Crippen molar-refractivity contribution in [1.82, 2.24) is 4.90 Å². The van der Waals surface area contributed by atoms with Crippen molar-refractivity contribution in [3.05, 3.63) is 111 Å². The predicted molar refractivity (Wildman–Crippen MR) is 150 cm³/mol. The summed E-state index contributed by atoms with van der Waals surface area (Å²) in [6.07, 6.45) is 1.60. The lowest BCUT2D eigenvalue weighted by Crippen LogP contribution is -2.36. The lowest BCUT2D eigenvalue weighted by Gasteiger charge is -2.13. The topological polar surface area (TPSA) is 75.7 Å². The molecular formula is C29H20BrFN2O4S. The number of amides is 3. The minimum absolute atomic E-state index is 0.222. The van der Waals surface area contributed by atoms with Gasteiger partial charge in [-0.1, -0.05) is 54.6 Å². The normalized spacial score (nSPS) is 14.4. The number of carbonyl (C=O) groups excluding carboxylic acids is 3. The fourth-order valence-corrected chi connectivity index (χ4v) is 5.27. The molecule has 4 aromatic rings. The Morgan fingerprint density at radius 1 is 1.00 bits per heavy atom. The average Bonchev–Trinajstić information content (AvgIpc) is 3.16. The van der Waals surface area contributed by atoms with Gasteiger partial charge in [-0.15, -0.1) is 0 Å². The summed E-state index contributed by atoms with van der Waals surface area (Å²) in [5.41, 5.74) is 2.11. The van der Waals surface area contributed by atoms with Crippen LogP contribution in [-0.4, -0.2) is 28.5 Å². The van der Waals surface area contributed by atoms with Gasteiger partial charge in [-0.2, -0.15) is 0 Å². The third-order valence-electron chi connectivity index (χ3n) is 5.80. The van der Waals surface area contributed by atoms with E-state index in [1.165, 1.54) is 12.1 Å². The highest BCUT2D eigenvalue weighted by Crippen LogP contribution is 2.34. The summed E-state index contributed by atoms with van der Waals surface area (Å²) in [7, 11) is 0. The number of halogens is 2. The van der Waals surface area contributed by atoms with E-state index in [-0.39, 0.29) is 23.9 Å². The van der Waals surface area contributed by atoms with E-state index in [1.807, 2.05) is 36.4 Å². The van der Waals surface area contributed by atoms with Crippen molar-refractivity contribution < 1.29 is 23.5 Å². The van der Waals surface area contributed by atoms with E-state index in [1.54, 1.807) is 42.5 Å². The van der Waals surface area contributed by atoms with Crippen LogP contribution < -0.4 is 10.1 Å². The van der Waals surface area contributed by atoms with Crippen LogP contribution >= 0.6 is 27.7 Å². The van der Waals surface area contributed by atoms with Gasteiger partial charge in [0.05, 0.1) is 9.38 Å². The summed E-state index contributed by atoms with van der Waals surface area (Å²) in [6, 6.07) is 24.5. The number of rotatable bonds is 7. The third-order valence-corrected chi connectivity index (χ3v) is 7.33. The van der Waals surface area contributed by atoms with Crippen LogP contribution in [0.4, 0.5) is 14.9 Å². The highest BCUT2D eigenvalue weighted by atomic mass is 79.9. The largest absolute Gasteiger partial charge is 0.488 e. The van der Waals surface area contributed by atoms with Crippen molar-refractivity contribution in [1.29, 1.82) is 0 Å². The SMILES string of the molecule is O=C(CN1C(=O)S/C(=C\c2ccc(OCc3ccc(F)cc3)c(Br)c2)C1=O)Nc1cccc2ccccc12. The first-order valence-electron chi connectivity index (χ1n) is 11.6. The van der Waals surface area contributed by atoms with E-state index in [0.717, 1.165) is 33.0 Å².